The van der Waals surface area contributed by atoms with E-state index in [0.29, 0.717) is 24.3 Å². The predicted octanol–water partition coefficient (Wildman–Crippen LogP) is 2.96. The minimum Gasteiger partial charge on any atom is -0.496 e. The van der Waals surface area contributed by atoms with E-state index in [4.69, 9.17) is 9.47 Å². The molecular formula is C26H27N3O4. The highest BCUT2D eigenvalue weighted by Crippen LogP contribution is 2.29. The number of nitrogens with one attached hydrogen (secondary N) is 1. The molecule has 1 fully saturated rings. The van der Waals surface area contributed by atoms with Crippen LogP contribution in [0.3, 0.4) is 0 Å². The number of methoxy groups -OCH3 is 1. The molecule has 1 aromatic heterocycles. The number of likely N-dealkylation sites (N-methyl/N-ethyl adjacent to an activating group) is 1. The molecule has 1 aliphatic rings. The second kappa shape index (κ2) is 9.83. The molecule has 4 rings (SSSR count). The Labute approximate surface area is 193 Å². The largest absolute Gasteiger partial charge is 0.496 e. The number of hydrogen-bond donors (Lipinski definition) is 1. The SMILES string of the molecule is CNC(=O)C1(Cc2cccc(-c3ccncc3)c2)CN(C(=O)c2ccccc2OC)CCO1. The average Bonchev–Trinajstić information content (AvgIpc) is 2.88. The molecule has 1 unspecified atom stereocenters. The van der Waals surface area contributed by atoms with Crippen LogP contribution in [0.2, 0.25) is 0 Å². The van der Waals surface area contributed by atoms with Gasteiger partial charge < -0.3 is 19.7 Å². The summed E-state index contributed by atoms with van der Waals surface area (Å²) in [6, 6.07) is 19.0. The van der Waals surface area contributed by atoms with Crippen LogP contribution in [0.15, 0.2) is 73.1 Å². The van der Waals surface area contributed by atoms with Crippen molar-refractivity contribution in [2.75, 3.05) is 33.9 Å². The average molecular weight is 446 g/mol. The minimum atomic E-state index is -1.19. The number of carbonyl (C=O) groups excluding carboxylic acids is 2. The Morgan fingerprint density at radius 3 is 2.64 bits per heavy atom. The maximum absolute atomic E-state index is 13.3. The fourth-order valence-corrected chi connectivity index (χ4v) is 4.24. The van der Waals surface area contributed by atoms with Crippen molar-refractivity contribution in [2.45, 2.75) is 12.0 Å². The van der Waals surface area contributed by atoms with Crippen LogP contribution in [0.1, 0.15) is 15.9 Å². The third-order valence-corrected chi connectivity index (χ3v) is 5.88. The van der Waals surface area contributed by atoms with Crippen LogP contribution in [0.5, 0.6) is 5.75 Å². The van der Waals surface area contributed by atoms with Crippen molar-refractivity contribution in [3.05, 3.63) is 84.2 Å². The highest BCUT2D eigenvalue weighted by Gasteiger charge is 2.45. The lowest BCUT2D eigenvalue weighted by Gasteiger charge is -2.41. The van der Waals surface area contributed by atoms with Gasteiger partial charge in [-0.05, 0) is 41.0 Å². The first-order valence-electron chi connectivity index (χ1n) is 10.8. The van der Waals surface area contributed by atoms with E-state index in [1.165, 1.54) is 7.11 Å². The predicted molar refractivity (Wildman–Crippen MR) is 125 cm³/mol. The monoisotopic (exact) mass is 445 g/mol. The van der Waals surface area contributed by atoms with Crippen LogP contribution in [-0.4, -0.2) is 61.2 Å². The number of benzene rings is 2. The molecule has 0 aliphatic carbocycles. The molecule has 7 nitrogen and oxygen atoms in total. The van der Waals surface area contributed by atoms with Crippen LogP contribution < -0.4 is 10.1 Å². The van der Waals surface area contributed by atoms with E-state index < -0.39 is 5.60 Å². The lowest BCUT2D eigenvalue weighted by Crippen LogP contribution is -2.61. The maximum atomic E-state index is 13.3. The molecule has 2 aromatic carbocycles. The minimum absolute atomic E-state index is 0.142. The van der Waals surface area contributed by atoms with Gasteiger partial charge in [-0.3, -0.25) is 14.6 Å². The number of ether oxygens (including phenoxy) is 2. The Balaban J connectivity index is 1.63. The van der Waals surface area contributed by atoms with Gasteiger partial charge in [-0.15, -0.1) is 0 Å². The van der Waals surface area contributed by atoms with Gasteiger partial charge in [-0.25, -0.2) is 0 Å². The van der Waals surface area contributed by atoms with Crippen molar-refractivity contribution in [3.63, 3.8) is 0 Å². The molecule has 0 saturated carbocycles. The number of morpholine rings is 1. The zero-order valence-corrected chi connectivity index (χ0v) is 18.8. The summed E-state index contributed by atoms with van der Waals surface area (Å²) in [5.74, 6) is 0.0634. The molecule has 0 spiro atoms. The third-order valence-electron chi connectivity index (χ3n) is 5.88. The highest BCUT2D eigenvalue weighted by atomic mass is 16.5. The molecule has 2 amide bonds. The number of hydrogen-bond acceptors (Lipinski definition) is 5. The smallest absolute Gasteiger partial charge is 0.257 e. The van der Waals surface area contributed by atoms with Crippen LogP contribution in [-0.2, 0) is 16.0 Å². The van der Waals surface area contributed by atoms with E-state index in [9.17, 15) is 9.59 Å². The number of rotatable bonds is 6. The molecule has 0 bridgehead atoms. The Morgan fingerprint density at radius 2 is 1.88 bits per heavy atom. The lowest BCUT2D eigenvalue weighted by molar-refractivity contribution is -0.156. The molecule has 7 heteroatoms. The summed E-state index contributed by atoms with van der Waals surface area (Å²) < 4.78 is 11.5. The number of para-hydroxylation sites is 1. The molecule has 170 valence electrons. The van der Waals surface area contributed by atoms with Gasteiger partial charge in [-0.1, -0.05) is 36.4 Å². The molecule has 1 aliphatic heterocycles. The van der Waals surface area contributed by atoms with Gasteiger partial charge in [0.15, 0.2) is 5.60 Å². The highest BCUT2D eigenvalue weighted by molar-refractivity contribution is 5.97. The quantitative estimate of drug-likeness (QED) is 0.631. The first-order valence-corrected chi connectivity index (χ1v) is 10.8. The third kappa shape index (κ3) is 4.73. The summed E-state index contributed by atoms with van der Waals surface area (Å²) in [5, 5.41) is 2.73. The van der Waals surface area contributed by atoms with Crippen molar-refractivity contribution in [3.8, 4) is 16.9 Å². The molecule has 1 saturated heterocycles. The molecule has 2 heterocycles. The second-order valence-electron chi connectivity index (χ2n) is 7.96. The van der Waals surface area contributed by atoms with E-state index >= 15 is 0 Å². The van der Waals surface area contributed by atoms with Gasteiger partial charge in [0.25, 0.3) is 11.8 Å². The molecule has 0 radical (unpaired) electrons. The summed E-state index contributed by atoms with van der Waals surface area (Å²) in [5.41, 5.74) is 2.28. The molecule has 33 heavy (non-hydrogen) atoms. The Hall–Kier alpha value is -3.71. The van der Waals surface area contributed by atoms with Crippen molar-refractivity contribution < 1.29 is 19.1 Å². The van der Waals surface area contributed by atoms with Crippen LogP contribution >= 0.6 is 0 Å². The number of carbonyl (C=O) groups is 2. The summed E-state index contributed by atoms with van der Waals surface area (Å²) >= 11 is 0. The number of amides is 2. The van der Waals surface area contributed by atoms with Gasteiger partial charge >= 0.3 is 0 Å². The Kier molecular flexibility index (Phi) is 6.70. The second-order valence-corrected chi connectivity index (χ2v) is 7.96. The number of nitrogens with zero attached hydrogens (tertiary/aromatic N) is 2. The molecular weight excluding hydrogens is 418 g/mol. The lowest BCUT2D eigenvalue weighted by atomic mass is 9.89. The van der Waals surface area contributed by atoms with E-state index in [0.717, 1.165) is 16.7 Å². The van der Waals surface area contributed by atoms with Crippen LogP contribution in [0, 0.1) is 0 Å². The standard InChI is InChI=1S/C26H27N3O4/c1-27-25(31)26(17-19-6-5-7-21(16-19)20-10-12-28-13-11-20)18-29(14-15-33-26)24(30)22-8-3-4-9-23(22)32-2/h3-13,16H,14-15,17-18H2,1-2H3,(H,27,31). The van der Waals surface area contributed by atoms with Crippen molar-refractivity contribution >= 4 is 11.8 Å². The zero-order chi connectivity index (χ0) is 23.3. The summed E-state index contributed by atoms with van der Waals surface area (Å²) in [6.07, 6.45) is 3.83. The van der Waals surface area contributed by atoms with Crippen molar-refractivity contribution in [1.29, 1.82) is 0 Å². The summed E-state index contributed by atoms with van der Waals surface area (Å²) in [7, 11) is 3.12. The molecule has 1 N–H and O–H groups in total. The van der Waals surface area contributed by atoms with Gasteiger partial charge in [0.2, 0.25) is 0 Å². The number of aromatic nitrogens is 1. The zero-order valence-electron chi connectivity index (χ0n) is 18.8. The Bertz CT molecular complexity index is 1140. The normalized spacial score (nSPS) is 17.9. The summed E-state index contributed by atoms with van der Waals surface area (Å²) in [4.78, 5) is 32.1. The topological polar surface area (TPSA) is 80.8 Å². The van der Waals surface area contributed by atoms with E-state index in [-0.39, 0.29) is 25.0 Å². The fourth-order valence-electron chi connectivity index (χ4n) is 4.24. The Morgan fingerprint density at radius 1 is 1.09 bits per heavy atom. The maximum Gasteiger partial charge on any atom is 0.257 e. The van der Waals surface area contributed by atoms with Gasteiger partial charge in [0.05, 0.1) is 25.8 Å². The van der Waals surface area contributed by atoms with E-state index in [1.54, 1.807) is 42.5 Å². The summed E-state index contributed by atoms with van der Waals surface area (Å²) in [6.45, 7) is 0.800. The molecule has 3 aromatic rings. The number of pyridine rings is 1. The van der Waals surface area contributed by atoms with Gasteiger partial charge in [0.1, 0.15) is 5.75 Å². The van der Waals surface area contributed by atoms with Crippen LogP contribution in [0.25, 0.3) is 11.1 Å². The first kappa shape index (κ1) is 22.5. The fraction of sp³-hybridized carbons (Fsp3) is 0.269. The van der Waals surface area contributed by atoms with E-state index in [2.05, 4.69) is 10.3 Å². The van der Waals surface area contributed by atoms with Crippen molar-refractivity contribution in [1.82, 2.24) is 15.2 Å². The van der Waals surface area contributed by atoms with Gasteiger partial charge in [0, 0.05) is 32.4 Å². The van der Waals surface area contributed by atoms with E-state index in [1.807, 2.05) is 42.5 Å². The molecule has 1 atom stereocenters. The first-order chi connectivity index (χ1) is 16.1. The van der Waals surface area contributed by atoms with Gasteiger partial charge in [-0.2, -0.15) is 0 Å². The van der Waals surface area contributed by atoms with Crippen molar-refractivity contribution in [2.24, 2.45) is 0 Å². The van der Waals surface area contributed by atoms with Crippen LogP contribution in [0.4, 0.5) is 0 Å².